The number of amides is 3. The molecule has 3 aromatic heterocycles. The van der Waals surface area contributed by atoms with Gasteiger partial charge in [0.15, 0.2) is 5.13 Å². The predicted molar refractivity (Wildman–Crippen MR) is 154 cm³/mol. The van der Waals surface area contributed by atoms with Gasteiger partial charge in [-0.3, -0.25) is 10.1 Å². The molecular formula is C29H30FN7O3S. The van der Waals surface area contributed by atoms with Crippen molar-refractivity contribution < 1.29 is 18.7 Å². The standard InChI is InChI=1S/C29H30FN7O3S/c1-31-29(39)36-16-22(17-36)40-21-8-6-20(7-9-21)37-13-3-4-24(37)23-18-41-28(33-23)34-27(38)25-5-2-12-35(25)15-19-10-11-32-26(30)14-19/h2,5-12,14,18,22,24H,3-4,13,15-17H2,1H3,(H,31,39)(H,33,34,38). The molecule has 4 aromatic rings. The first kappa shape index (κ1) is 26.8. The Morgan fingerprint density at radius 3 is 2.78 bits per heavy atom. The molecule has 41 heavy (non-hydrogen) atoms. The molecule has 1 atom stereocenters. The summed E-state index contributed by atoms with van der Waals surface area (Å²) in [5, 5.41) is 8.09. The van der Waals surface area contributed by atoms with Gasteiger partial charge in [-0.1, -0.05) is 0 Å². The summed E-state index contributed by atoms with van der Waals surface area (Å²) in [5.74, 6) is -0.0387. The molecule has 0 bridgehead atoms. The maximum Gasteiger partial charge on any atom is 0.317 e. The van der Waals surface area contributed by atoms with Crippen LogP contribution in [-0.2, 0) is 6.54 Å². The van der Waals surface area contributed by atoms with E-state index in [0.29, 0.717) is 30.5 Å². The number of likely N-dealkylation sites (tertiary alicyclic amines) is 1. The van der Waals surface area contributed by atoms with Crippen LogP contribution in [0.25, 0.3) is 0 Å². The summed E-state index contributed by atoms with van der Waals surface area (Å²) in [6, 6.07) is 14.7. The zero-order valence-electron chi connectivity index (χ0n) is 22.5. The smallest absolute Gasteiger partial charge is 0.317 e. The summed E-state index contributed by atoms with van der Waals surface area (Å²) in [6.45, 7) is 2.43. The zero-order valence-corrected chi connectivity index (χ0v) is 23.3. The summed E-state index contributed by atoms with van der Waals surface area (Å²) in [5.41, 5.74) is 3.20. The third-order valence-electron chi connectivity index (χ3n) is 7.36. The zero-order chi connectivity index (χ0) is 28.3. The van der Waals surface area contributed by atoms with Gasteiger partial charge in [0.1, 0.15) is 17.5 Å². The molecule has 0 saturated carbocycles. The van der Waals surface area contributed by atoms with E-state index in [-0.39, 0.29) is 24.1 Å². The van der Waals surface area contributed by atoms with Crippen LogP contribution >= 0.6 is 11.3 Å². The number of halogens is 1. The number of carbonyl (C=O) groups is 2. The summed E-state index contributed by atoms with van der Waals surface area (Å²) in [7, 11) is 1.62. The van der Waals surface area contributed by atoms with Crippen molar-refractivity contribution in [2.45, 2.75) is 31.5 Å². The minimum atomic E-state index is -0.551. The maximum atomic E-state index is 13.5. The molecule has 1 aromatic carbocycles. The van der Waals surface area contributed by atoms with Gasteiger partial charge >= 0.3 is 6.03 Å². The first-order valence-corrected chi connectivity index (χ1v) is 14.4. The Morgan fingerprint density at radius 2 is 2.00 bits per heavy atom. The lowest BCUT2D eigenvalue weighted by Gasteiger charge is -2.38. The number of urea groups is 1. The van der Waals surface area contributed by atoms with Crippen LogP contribution in [0.4, 0.5) is 20.0 Å². The fourth-order valence-corrected chi connectivity index (χ4v) is 6.03. The number of nitrogens with one attached hydrogen (secondary N) is 2. The van der Waals surface area contributed by atoms with Crippen molar-refractivity contribution in [2.75, 3.05) is 36.9 Å². The molecule has 3 amide bonds. The Balaban J connectivity index is 1.07. The molecule has 5 heterocycles. The Hall–Kier alpha value is -4.45. The summed E-state index contributed by atoms with van der Waals surface area (Å²) in [4.78, 5) is 37.1. The molecule has 12 heteroatoms. The third-order valence-corrected chi connectivity index (χ3v) is 8.14. The highest BCUT2D eigenvalue weighted by Crippen LogP contribution is 2.38. The van der Waals surface area contributed by atoms with Gasteiger partial charge in [-0.2, -0.15) is 4.39 Å². The molecule has 2 aliphatic rings. The first-order chi connectivity index (χ1) is 20.0. The van der Waals surface area contributed by atoms with Crippen molar-refractivity contribution in [3.8, 4) is 5.75 Å². The number of pyridine rings is 1. The SMILES string of the molecule is CNC(=O)N1CC(Oc2ccc(N3CCCC3c3csc(NC(=O)c4cccn4Cc4ccnc(F)c4)n3)cc2)C1. The van der Waals surface area contributed by atoms with Crippen LogP contribution in [0.3, 0.4) is 0 Å². The van der Waals surface area contributed by atoms with Gasteiger partial charge in [-0.15, -0.1) is 11.3 Å². The fourth-order valence-electron chi connectivity index (χ4n) is 5.28. The number of thiazole rings is 1. The highest BCUT2D eigenvalue weighted by molar-refractivity contribution is 7.14. The number of benzene rings is 1. The van der Waals surface area contributed by atoms with E-state index in [1.165, 1.54) is 23.6 Å². The van der Waals surface area contributed by atoms with E-state index in [2.05, 4.69) is 32.7 Å². The Morgan fingerprint density at radius 1 is 1.17 bits per heavy atom. The van der Waals surface area contributed by atoms with E-state index in [1.807, 2.05) is 17.5 Å². The van der Waals surface area contributed by atoms with Gasteiger partial charge in [-0.25, -0.2) is 14.8 Å². The second-order valence-electron chi connectivity index (χ2n) is 10.1. The summed E-state index contributed by atoms with van der Waals surface area (Å²) in [6.07, 6.45) is 5.22. The second-order valence-corrected chi connectivity index (χ2v) is 10.9. The minimum Gasteiger partial charge on any atom is -0.487 e. The summed E-state index contributed by atoms with van der Waals surface area (Å²) >= 11 is 1.40. The molecule has 1 unspecified atom stereocenters. The number of rotatable bonds is 8. The highest BCUT2D eigenvalue weighted by Gasteiger charge is 2.32. The Bertz CT molecular complexity index is 1530. The van der Waals surface area contributed by atoms with Crippen molar-refractivity contribution in [3.63, 3.8) is 0 Å². The van der Waals surface area contributed by atoms with Gasteiger partial charge in [-0.05, 0) is 66.9 Å². The van der Waals surface area contributed by atoms with Crippen LogP contribution in [0.2, 0.25) is 0 Å². The van der Waals surface area contributed by atoms with Crippen LogP contribution in [0.5, 0.6) is 5.75 Å². The Labute approximate surface area is 240 Å². The molecule has 2 fully saturated rings. The number of nitrogens with zero attached hydrogens (tertiary/aromatic N) is 5. The molecule has 2 N–H and O–H groups in total. The number of aromatic nitrogens is 3. The van der Waals surface area contributed by atoms with E-state index >= 15 is 0 Å². The lowest BCUT2D eigenvalue weighted by atomic mass is 10.1. The number of ether oxygens (including phenoxy) is 1. The molecule has 0 aliphatic carbocycles. The molecule has 6 rings (SSSR count). The number of carbonyl (C=O) groups excluding carboxylic acids is 2. The molecular weight excluding hydrogens is 545 g/mol. The van der Waals surface area contributed by atoms with Crippen LogP contribution in [0.1, 0.15) is 40.6 Å². The second kappa shape index (κ2) is 11.6. The number of hydrogen-bond donors (Lipinski definition) is 2. The van der Waals surface area contributed by atoms with E-state index in [1.54, 1.807) is 40.9 Å². The van der Waals surface area contributed by atoms with E-state index in [9.17, 15) is 14.0 Å². The molecule has 10 nitrogen and oxygen atoms in total. The van der Waals surface area contributed by atoms with Crippen molar-refractivity contribution in [1.29, 1.82) is 0 Å². The molecule has 0 spiro atoms. The van der Waals surface area contributed by atoms with Gasteiger partial charge in [0.2, 0.25) is 5.95 Å². The van der Waals surface area contributed by atoms with E-state index < -0.39 is 5.95 Å². The van der Waals surface area contributed by atoms with Gasteiger partial charge in [0, 0.05) is 43.6 Å². The van der Waals surface area contributed by atoms with Crippen LogP contribution in [-0.4, -0.2) is 64.2 Å². The topological polar surface area (TPSA) is 105 Å². The van der Waals surface area contributed by atoms with E-state index in [4.69, 9.17) is 9.72 Å². The molecule has 212 valence electrons. The number of anilines is 2. The van der Waals surface area contributed by atoms with Crippen LogP contribution in [0.15, 0.2) is 66.3 Å². The first-order valence-electron chi connectivity index (χ1n) is 13.5. The lowest BCUT2D eigenvalue weighted by molar-refractivity contribution is 0.0451. The van der Waals surface area contributed by atoms with Crippen molar-refractivity contribution in [3.05, 3.63) is 89.2 Å². The number of hydrogen-bond acceptors (Lipinski definition) is 7. The average Bonchev–Trinajstić information content (AvgIpc) is 3.72. The van der Waals surface area contributed by atoms with Crippen LogP contribution < -0.4 is 20.3 Å². The molecule has 2 saturated heterocycles. The van der Waals surface area contributed by atoms with Crippen molar-refractivity contribution >= 4 is 34.1 Å². The summed E-state index contributed by atoms with van der Waals surface area (Å²) < 4.78 is 21.3. The van der Waals surface area contributed by atoms with Crippen molar-refractivity contribution in [2.24, 2.45) is 0 Å². The van der Waals surface area contributed by atoms with E-state index in [0.717, 1.165) is 42.1 Å². The lowest BCUT2D eigenvalue weighted by Crippen LogP contribution is -2.58. The quantitative estimate of drug-likeness (QED) is 0.300. The van der Waals surface area contributed by atoms with Crippen molar-refractivity contribution in [1.82, 2.24) is 24.8 Å². The third kappa shape index (κ3) is 5.87. The van der Waals surface area contributed by atoms with Gasteiger partial charge in [0.25, 0.3) is 5.91 Å². The van der Waals surface area contributed by atoms with Gasteiger partial charge in [0.05, 0.1) is 24.8 Å². The fraction of sp³-hybridized carbons (Fsp3) is 0.310. The van der Waals surface area contributed by atoms with Crippen LogP contribution in [0, 0.1) is 5.95 Å². The highest BCUT2D eigenvalue weighted by atomic mass is 32.1. The molecule has 0 radical (unpaired) electrons. The minimum absolute atomic E-state index is 0.00261. The Kier molecular flexibility index (Phi) is 7.55. The largest absolute Gasteiger partial charge is 0.487 e. The average molecular weight is 576 g/mol. The molecule has 2 aliphatic heterocycles. The predicted octanol–water partition coefficient (Wildman–Crippen LogP) is 4.52. The normalized spacial score (nSPS) is 16.9. The maximum absolute atomic E-state index is 13.5. The monoisotopic (exact) mass is 575 g/mol. The van der Waals surface area contributed by atoms with Gasteiger partial charge < -0.3 is 24.4 Å².